The molecule has 118 valence electrons. The summed E-state index contributed by atoms with van der Waals surface area (Å²) in [7, 11) is 3.21. The highest BCUT2D eigenvalue weighted by atomic mass is 16.5. The third-order valence-electron chi connectivity index (χ3n) is 3.58. The van der Waals surface area contributed by atoms with Crippen LogP contribution in [0.2, 0.25) is 0 Å². The molecule has 0 aliphatic heterocycles. The van der Waals surface area contributed by atoms with Crippen LogP contribution in [0.25, 0.3) is 11.4 Å². The molecule has 0 N–H and O–H groups in total. The van der Waals surface area contributed by atoms with Crippen molar-refractivity contribution in [2.45, 2.75) is 12.8 Å². The summed E-state index contributed by atoms with van der Waals surface area (Å²) in [5, 5.41) is 4.05. The van der Waals surface area contributed by atoms with Gasteiger partial charge in [0.15, 0.2) is 11.5 Å². The monoisotopic (exact) mass is 310 g/mol. The summed E-state index contributed by atoms with van der Waals surface area (Å²) >= 11 is 0. The van der Waals surface area contributed by atoms with Gasteiger partial charge in [-0.25, -0.2) is 0 Å². The van der Waals surface area contributed by atoms with Crippen molar-refractivity contribution in [3.05, 3.63) is 60.0 Å². The van der Waals surface area contributed by atoms with Crippen LogP contribution < -0.4 is 9.47 Å². The first-order chi connectivity index (χ1) is 11.3. The maximum atomic E-state index is 5.34. The largest absolute Gasteiger partial charge is 0.493 e. The number of ether oxygens (including phenoxy) is 2. The molecule has 0 aliphatic rings. The first-order valence-electron chi connectivity index (χ1n) is 7.39. The van der Waals surface area contributed by atoms with E-state index in [0.29, 0.717) is 29.6 Å². The fourth-order valence-corrected chi connectivity index (χ4v) is 2.34. The molecule has 0 aliphatic carbocycles. The number of benzene rings is 2. The van der Waals surface area contributed by atoms with E-state index in [1.165, 1.54) is 5.56 Å². The second-order valence-electron chi connectivity index (χ2n) is 5.07. The van der Waals surface area contributed by atoms with Crippen molar-refractivity contribution < 1.29 is 14.0 Å². The summed E-state index contributed by atoms with van der Waals surface area (Å²) in [5.74, 6) is 2.48. The lowest BCUT2D eigenvalue weighted by Crippen LogP contribution is -1.92. The minimum atomic E-state index is 0.550. The molecule has 2 aromatic carbocycles. The van der Waals surface area contributed by atoms with Gasteiger partial charge in [-0.05, 0) is 30.2 Å². The standard InChI is InChI=1S/C18H18N2O3/c1-21-15-10-9-14(12-16(15)22-2)18-19-17(23-20-18)11-8-13-6-4-3-5-7-13/h3-7,9-10,12H,8,11H2,1-2H3. The van der Waals surface area contributed by atoms with Crippen molar-refractivity contribution in [3.63, 3.8) is 0 Å². The molecule has 5 heteroatoms. The molecular weight excluding hydrogens is 292 g/mol. The van der Waals surface area contributed by atoms with Crippen LogP contribution in [0.4, 0.5) is 0 Å². The molecule has 0 unspecified atom stereocenters. The van der Waals surface area contributed by atoms with Gasteiger partial charge in [0.05, 0.1) is 14.2 Å². The van der Waals surface area contributed by atoms with Gasteiger partial charge in [0.1, 0.15) is 0 Å². The highest BCUT2D eigenvalue weighted by Crippen LogP contribution is 2.31. The van der Waals surface area contributed by atoms with Crippen LogP contribution in [-0.4, -0.2) is 24.4 Å². The zero-order valence-corrected chi connectivity index (χ0v) is 13.2. The van der Waals surface area contributed by atoms with Crippen molar-refractivity contribution in [2.24, 2.45) is 0 Å². The van der Waals surface area contributed by atoms with Crippen LogP contribution in [0.3, 0.4) is 0 Å². The number of nitrogens with zero attached hydrogens (tertiary/aromatic N) is 2. The van der Waals surface area contributed by atoms with Gasteiger partial charge in [-0.1, -0.05) is 35.5 Å². The van der Waals surface area contributed by atoms with Gasteiger partial charge in [-0.15, -0.1) is 0 Å². The minimum Gasteiger partial charge on any atom is -0.493 e. The van der Waals surface area contributed by atoms with E-state index < -0.39 is 0 Å². The number of rotatable bonds is 6. The van der Waals surface area contributed by atoms with Crippen LogP contribution in [0.5, 0.6) is 11.5 Å². The van der Waals surface area contributed by atoms with Crippen LogP contribution in [0.1, 0.15) is 11.5 Å². The average molecular weight is 310 g/mol. The number of hydrogen-bond donors (Lipinski definition) is 0. The maximum Gasteiger partial charge on any atom is 0.227 e. The molecular formula is C18H18N2O3. The number of hydrogen-bond acceptors (Lipinski definition) is 5. The quantitative estimate of drug-likeness (QED) is 0.697. The summed E-state index contributed by atoms with van der Waals surface area (Å²) in [4.78, 5) is 4.45. The summed E-state index contributed by atoms with van der Waals surface area (Å²) in [6.45, 7) is 0. The van der Waals surface area contributed by atoms with Crippen molar-refractivity contribution in [2.75, 3.05) is 14.2 Å². The van der Waals surface area contributed by atoms with Crippen LogP contribution >= 0.6 is 0 Å². The predicted molar refractivity (Wildman–Crippen MR) is 86.7 cm³/mol. The summed E-state index contributed by atoms with van der Waals surface area (Å²) in [6.07, 6.45) is 1.58. The molecule has 0 spiro atoms. The smallest absolute Gasteiger partial charge is 0.227 e. The lowest BCUT2D eigenvalue weighted by atomic mass is 10.1. The topological polar surface area (TPSA) is 57.4 Å². The second kappa shape index (κ2) is 6.96. The fourth-order valence-electron chi connectivity index (χ4n) is 2.34. The number of aromatic nitrogens is 2. The highest BCUT2D eigenvalue weighted by Gasteiger charge is 2.12. The SMILES string of the molecule is COc1ccc(-c2noc(CCc3ccccc3)n2)cc1OC. The molecule has 3 aromatic rings. The molecule has 3 rings (SSSR count). The molecule has 0 amide bonds. The molecule has 5 nitrogen and oxygen atoms in total. The molecule has 0 fully saturated rings. The second-order valence-corrected chi connectivity index (χ2v) is 5.07. The van der Waals surface area contributed by atoms with E-state index >= 15 is 0 Å². The van der Waals surface area contributed by atoms with E-state index in [-0.39, 0.29) is 0 Å². The van der Waals surface area contributed by atoms with E-state index in [9.17, 15) is 0 Å². The van der Waals surface area contributed by atoms with E-state index in [4.69, 9.17) is 14.0 Å². The molecule has 0 saturated heterocycles. The Morgan fingerprint density at radius 3 is 2.43 bits per heavy atom. The molecule has 0 radical (unpaired) electrons. The normalized spacial score (nSPS) is 10.5. The Bertz CT molecular complexity index is 769. The molecule has 1 aromatic heterocycles. The highest BCUT2D eigenvalue weighted by molar-refractivity contribution is 5.60. The van der Waals surface area contributed by atoms with Gasteiger partial charge >= 0.3 is 0 Å². The third-order valence-corrected chi connectivity index (χ3v) is 3.58. The van der Waals surface area contributed by atoms with Crippen molar-refractivity contribution in [1.82, 2.24) is 10.1 Å². The van der Waals surface area contributed by atoms with Gasteiger partial charge in [-0.2, -0.15) is 4.98 Å². The van der Waals surface area contributed by atoms with E-state index in [1.54, 1.807) is 14.2 Å². The predicted octanol–water partition coefficient (Wildman–Crippen LogP) is 3.54. The Balaban J connectivity index is 1.74. The third kappa shape index (κ3) is 3.51. The van der Waals surface area contributed by atoms with E-state index in [0.717, 1.165) is 12.0 Å². The van der Waals surface area contributed by atoms with Crippen molar-refractivity contribution in [3.8, 4) is 22.9 Å². The average Bonchev–Trinajstić information content (AvgIpc) is 3.09. The zero-order chi connectivity index (χ0) is 16.1. The Morgan fingerprint density at radius 1 is 0.913 bits per heavy atom. The zero-order valence-electron chi connectivity index (χ0n) is 13.2. The summed E-state index contributed by atoms with van der Waals surface area (Å²) in [5.41, 5.74) is 2.08. The first-order valence-corrected chi connectivity index (χ1v) is 7.39. The van der Waals surface area contributed by atoms with Gasteiger partial charge in [0, 0.05) is 12.0 Å². The molecule has 0 bridgehead atoms. The van der Waals surface area contributed by atoms with Crippen LogP contribution in [-0.2, 0) is 12.8 Å². The van der Waals surface area contributed by atoms with Crippen molar-refractivity contribution in [1.29, 1.82) is 0 Å². The lowest BCUT2D eigenvalue weighted by Gasteiger charge is -2.07. The summed E-state index contributed by atoms with van der Waals surface area (Å²) in [6, 6.07) is 15.8. The van der Waals surface area contributed by atoms with Gasteiger partial charge < -0.3 is 14.0 Å². The van der Waals surface area contributed by atoms with Gasteiger partial charge in [-0.3, -0.25) is 0 Å². The number of methoxy groups -OCH3 is 2. The Labute approximate surface area is 134 Å². The van der Waals surface area contributed by atoms with E-state index in [2.05, 4.69) is 22.3 Å². The van der Waals surface area contributed by atoms with E-state index in [1.807, 2.05) is 36.4 Å². The lowest BCUT2D eigenvalue weighted by molar-refractivity contribution is 0.355. The Hall–Kier alpha value is -2.82. The van der Waals surface area contributed by atoms with Crippen LogP contribution in [0, 0.1) is 0 Å². The van der Waals surface area contributed by atoms with Crippen molar-refractivity contribution >= 4 is 0 Å². The number of aryl methyl sites for hydroxylation is 2. The first kappa shape index (κ1) is 15.1. The Kier molecular flexibility index (Phi) is 4.57. The van der Waals surface area contributed by atoms with Crippen LogP contribution in [0.15, 0.2) is 53.1 Å². The molecule has 23 heavy (non-hydrogen) atoms. The summed E-state index contributed by atoms with van der Waals surface area (Å²) < 4.78 is 15.9. The minimum absolute atomic E-state index is 0.550. The Morgan fingerprint density at radius 2 is 1.70 bits per heavy atom. The van der Waals surface area contributed by atoms with Gasteiger partial charge in [0.2, 0.25) is 11.7 Å². The molecule has 1 heterocycles. The van der Waals surface area contributed by atoms with Gasteiger partial charge in [0.25, 0.3) is 0 Å². The fraction of sp³-hybridized carbons (Fsp3) is 0.222. The molecule has 0 saturated carbocycles. The maximum absolute atomic E-state index is 5.34. The molecule has 0 atom stereocenters.